The molecule has 0 spiro atoms. The van der Waals surface area contributed by atoms with E-state index in [0.29, 0.717) is 5.56 Å². The van der Waals surface area contributed by atoms with Crippen molar-refractivity contribution in [3.63, 3.8) is 0 Å². The predicted molar refractivity (Wildman–Crippen MR) is 66.6 cm³/mol. The first-order chi connectivity index (χ1) is 9.24. The van der Waals surface area contributed by atoms with Gasteiger partial charge in [-0.1, -0.05) is 18.2 Å². The number of hydrogen-bond acceptors (Lipinski definition) is 3. The third-order valence-electron chi connectivity index (χ3n) is 2.56. The molecule has 0 heterocycles. The van der Waals surface area contributed by atoms with Crippen molar-refractivity contribution in [2.45, 2.75) is 6.61 Å². The Bertz CT molecular complexity index is 666. The van der Waals surface area contributed by atoms with Gasteiger partial charge < -0.3 is 4.74 Å². The second-order valence-electron chi connectivity index (χ2n) is 3.82. The molecule has 0 atom stereocenters. The van der Waals surface area contributed by atoms with Crippen molar-refractivity contribution in [2.75, 3.05) is 0 Å². The molecule has 0 amide bonds. The molecule has 4 heteroatoms. The summed E-state index contributed by atoms with van der Waals surface area (Å²) in [6.45, 7) is 0.212. The fourth-order valence-corrected chi connectivity index (χ4v) is 1.57. The Morgan fingerprint density at radius 2 is 1.74 bits per heavy atom. The Morgan fingerprint density at radius 1 is 1.00 bits per heavy atom. The van der Waals surface area contributed by atoms with Crippen molar-refractivity contribution in [1.29, 1.82) is 10.5 Å². The molecule has 0 fully saturated rings. The van der Waals surface area contributed by atoms with Gasteiger partial charge in [-0.05, 0) is 29.8 Å². The van der Waals surface area contributed by atoms with Crippen LogP contribution in [0.1, 0.15) is 16.7 Å². The number of halogens is 1. The fourth-order valence-electron chi connectivity index (χ4n) is 1.57. The quantitative estimate of drug-likeness (QED) is 0.843. The molecule has 2 aromatic carbocycles. The maximum atomic E-state index is 13.3. The molecular formula is C15H9FN2O. The van der Waals surface area contributed by atoms with E-state index in [9.17, 15) is 4.39 Å². The van der Waals surface area contributed by atoms with Crippen LogP contribution in [-0.2, 0) is 6.61 Å². The first kappa shape index (κ1) is 12.6. The van der Waals surface area contributed by atoms with Gasteiger partial charge in [0.25, 0.3) is 0 Å². The minimum absolute atomic E-state index is 0.101. The Balaban J connectivity index is 2.13. The molecule has 0 bridgehead atoms. The summed E-state index contributed by atoms with van der Waals surface area (Å²) < 4.78 is 18.8. The lowest BCUT2D eigenvalue weighted by Crippen LogP contribution is -1.98. The van der Waals surface area contributed by atoms with Crippen molar-refractivity contribution in [2.24, 2.45) is 0 Å². The summed E-state index contributed by atoms with van der Waals surface area (Å²) in [6.07, 6.45) is 0. The van der Waals surface area contributed by atoms with Gasteiger partial charge >= 0.3 is 0 Å². The van der Waals surface area contributed by atoms with E-state index in [0.717, 1.165) is 5.56 Å². The van der Waals surface area contributed by atoms with Gasteiger partial charge in [0.1, 0.15) is 29.8 Å². The molecule has 0 saturated heterocycles. The third kappa shape index (κ3) is 2.88. The standard InChI is InChI=1S/C15H9FN2O/c16-14-2-1-3-15(13(14)9-18)19-10-12-6-4-11(8-17)5-7-12/h1-7H,10H2. The summed E-state index contributed by atoms with van der Waals surface area (Å²) in [7, 11) is 0. The van der Waals surface area contributed by atoms with E-state index in [4.69, 9.17) is 15.3 Å². The maximum absolute atomic E-state index is 13.3. The number of nitrogens with zero attached hydrogens (tertiary/aromatic N) is 2. The Kier molecular flexibility index (Phi) is 3.75. The van der Waals surface area contributed by atoms with Crippen LogP contribution in [0.4, 0.5) is 4.39 Å². The molecular weight excluding hydrogens is 243 g/mol. The summed E-state index contributed by atoms with van der Waals surface area (Å²) in [6, 6.07) is 14.9. The second-order valence-corrected chi connectivity index (χ2v) is 3.82. The Hall–Kier alpha value is -2.85. The molecule has 0 unspecified atom stereocenters. The van der Waals surface area contributed by atoms with Crippen molar-refractivity contribution in [3.8, 4) is 17.9 Å². The van der Waals surface area contributed by atoms with E-state index < -0.39 is 5.82 Å². The van der Waals surface area contributed by atoms with Crippen LogP contribution in [-0.4, -0.2) is 0 Å². The molecule has 2 aromatic rings. The number of benzene rings is 2. The lowest BCUT2D eigenvalue weighted by molar-refractivity contribution is 0.303. The van der Waals surface area contributed by atoms with Crippen molar-refractivity contribution in [1.82, 2.24) is 0 Å². The van der Waals surface area contributed by atoms with Crippen LogP contribution in [0.25, 0.3) is 0 Å². The zero-order valence-corrected chi connectivity index (χ0v) is 9.93. The van der Waals surface area contributed by atoms with Gasteiger partial charge in [-0.25, -0.2) is 4.39 Å². The minimum Gasteiger partial charge on any atom is -0.487 e. The van der Waals surface area contributed by atoms with E-state index in [1.807, 2.05) is 6.07 Å². The molecule has 0 aliphatic rings. The molecule has 0 N–H and O–H groups in total. The van der Waals surface area contributed by atoms with Crippen LogP contribution in [0, 0.1) is 28.5 Å². The topological polar surface area (TPSA) is 56.8 Å². The zero-order chi connectivity index (χ0) is 13.7. The van der Waals surface area contributed by atoms with Crippen LogP contribution in [0.15, 0.2) is 42.5 Å². The lowest BCUT2D eigenvalue weighted by Gasteiger charge is -2.08. The molecule has 2 rings (SSSR count). The highest BCUT2D eigenvalue weighted by Crippen LogP contribution is 2.21. The summed E-state index contributed by atoms with van der Waals surface area (Å²) in [4.78, 5) is 0. The minimum atomic E-state index is -0.597. The normalized spacial score (nSPS) is 9.42. The smallest absolute Gasteiger partial charge is 0.144 e. The highest BCUT2D eigenvalue weighted by Gasteiger charge is 2.08. The number of ether oxygens (including phenoxy) is 1. The number of rotatable bonds is 3. The lowest BCUT2D eigenvalue weighted by atomic mass is 10.1. The first-order valence-corrected chi connectivity index (χ1v) is 5.55. The maximum Gasteiger partial charge on any atom is 0.144 e. The van der Waals surface area contributed by atoms with Gasteiger partial charge in [0.2, 0.25) is 0 Å². The highest BCUT2D eigenvalue weighted by molar-refractivity contribution is 5.44. The summed E-state index contributed by atoms with van der Waals surface area (Å²) in [5, 5.41) is 17.5. The van der Waals surface area contributed by atoms with Gasteiger partial charge in [-0.2, -0.15) is 10.5 Å². The van der Waals surface area contributed by atoms with E-state index in [1.165, 1.54) is 12.1 Å². The van der Waals surface area contributed by atoms with Crippen LogP contribution in [0.2, 0.25) is 0 Å². The monoisotopic (exact) mass is 252 g/mol. The Morgan fingerprint density at radius 3 is 2.37 bits per heavy atom. The third-order valence-corrected chi connectivity index (χ3v) is 2.56. The van der Waals surface area contributed by atoms with E-state index in [1.54, 1.807) is 36.4 Å². The SMILES string of the molecule is N#Cc1ccc(COc2cccc(F)c2C#N)cc1. The summed E-state index contributed by atoms with van der Waals surface area (Å²) in [5.74, 6) is -0.383. The molecule has 0 aliphatic carbocycles. The zero-order valence-electron chi connectivity index (χ0n) is 9.93. The molecule has 0 saturated carbocycles. The van der Waals surface area contributed by atoms with E-state index >= 15 is 0 Å². The van der Waals surface area contributed by atoms with Gasteiger partial charge in [0.15, 0.2) is 0 Å². The van der Waals surface area contributed by atoms with Gasteiger partial charge in [0, 0.05) is 0 Å². The van der Waals surface area contributed by atoms with Crippen molar-refractivity contribution in [3.05, 3.63) is 65.0 Å². The summed E-state index contributed by atoms with van der Waals surface area (Å²) in [5.41, 5.74) is 1.30. The molecule has 0 radical (unpaired) electrons. The molecule has 3 nitrogen and oxygen atoms in total. The number of nitriles is 2. The largest absolute Gasteiger partial charge is 0.487 e. The second kappa shape index (κ2) is 5.66. The fraction of sp³-hybridized carbons (Fsp3) is 0.0667. The average Bonchev–Trinajstić information content (AvgIpc) is 2.45. The van der Waals surface area contributed by atoms with Crippen LogP contribution >= 0.6 is 0 Å². The van der Waals surface area contributed by atoms with Crippen LogP contribution in [0.5, 0.6) is 5.75 Å². The predicted octanol–water partition coefficient (Wildman–Crippen LogP) is 3.15. The first-order valence-electron chi connectivity index (χ1n) is 5.55. The van der Waals surface area contributed by atoms with Gasteiger partial charge in [-0.3, -0.25) is 0 Å². The van der Waals surface area contributed by atoms with Crippen LogP contribution in [0.3, 0.4) is 0 Å². The van der Waals surface area contributed by atoms with Crippen molar-refractivity contribution >= 4 is 0 Å². The van der Waals surface area contributed by atoms with Gasteiger partial charge in [-0.15, -0.1) is 0 Å². The Labute approximate surface area is 110 Å². The molecule has 92 valence electrons. The molecule has 0 aromatic heterocycles. The average molecular weight is 252 g/mol. The molecule has 19 heavy (non-hydrogen) atoms. The summed E-state index contributed by atoms with van der Waals surface area (Å²) >= 11 is 0. The van der Waals surface area contributed by atoms with Crippen molar-refractivity contribution < 1.29 is 9.13 Å². The highest BCUT2D eigenvalue weighted by atomic mass is 19.1. The van der Waals surface area contributed by atoms with E-state index in [2.05, 4.69) is 0 Å². The number of hydrogen-bond donors (Lipinski definition) is 0. The van der Waals surface area contributed by atoms with E-state index in [-0.39, 0.29) is 17.9 Å². The van der Waals surface area contributed by atoms with Crippen LogP contribution < -0.4 is 4.74 Å². The van der Waals surface area contributed by atoms with Gasteiger partial charge in [0.05, 0.1) is 11.6 Å². The molecule has 0 aliphatic heterocycles.